The molecule has 0 atom stereocenters. The molecule has 212 valence electrons. The van der Waals surface area contributed by atoms with E-state index < -0.39 is 17.6 Å². The van der Waals surface area contributed by atoms with Crippen LogP contribution in [0.3, 0.4) is 0 Å². The van der Waals surface area contributed by atoms with Crippen LogP contribution in [-0.4, -0.2) is 65.6 Å². The number of halogens is 3. The Labute approximate surface area is 236 Å². The molecule has 1 amide bonds. The fourth-order valence-corrected chi connectivity index (χ4v) is 4.41. The molecule has 0 aliphatic carbocycles. The molecular weight excluding hydrogens is 531 g/mol. The average molecular weight is 562 g/mol. The minimum absolute atomic E-state index is 0.0364. The van der Waals surface area contributed by atoms with Gasteiger partial charge in [-0.15, -0.1) is 0 Å². The van der Waals surface area contributed by atoms with Gasteiger partial charge in [-0.25, -0.2) is 4.98 Å². The minimum Gasteiger partial charge on any atom is -0.382 e. The Morgan fingerprint density at radius 2 is 1.93 bits per heavy atom. The lowest BCUT2D eigenvalue weighted by Gasteiger charge is -2.33. The van der Waals surface area contributed by atoms with Crippen molar-refractivity contribution >= 4 is 35.9 Å². The number of allylic oxidation sites excluding steroid dienone is 1. The summed E-state index contributed by atoms with van der Waals surface area (Å²) < 4.78 is 41.8. The van der Waals surface area contributed by atoms with Crippen molar-refractivity contribution in [1.82, 2.24) is 19.8 Å². The van der Waals surface area contributed by atoms with E-state index in [-0.39, 0.29) is 29.2 Å². The summed E-state index contributed by atoms with van der Waals surface area (Å²) >= 11 is 0. The summed E-state index contributed by atoms with van der Waals surface area (Å²) in [6.45, 7) is 8.54. The van der Waals surface area contributed by atoms with Crippen molar-refractivity contribution in [3.05, 3.63) is 82.3 Å². The molecule has 3 aromatic rings. The fraction of sp³-hybridized carbons (Fsp3) is 0.267. The number of alkyl halides is 3. The van der Waals surface area contributed by atoms with E-state index in [0.29, 0.717) is 35.5 Å². The lowest BCUT2D eigenvalue weighted by molar-refractivity contribution is -0.138. The smallest absolute Gasteiger partial charge is 0.382 e. The van der Waals surface area contributed by atoms with Crippen molar-refractivity contribution < 1.29 is 18.0 Å². The molecule has 3 heterocycles. The first-order valence-corrected chi connectivity index (χ1v) is 12.9. The number of likely N-dealkylation sites (N-methyl/N-ethyl adjacent to an activating group) is 1. The summed E-state index contributed by atoms with van der Waals surface area (Å²) in [6, 6.07) is 5.39. The molecule has 1 fully saturated rings. The number of rotatable bonds is 6. The Balaban J connectivity index is 1.54. The molecule has 1 aromatic carbocycles. The minimum atomic E-state index is -4.57. The Kier molecular flexibility index (Phi) is 9.17. The molecule has 1 saturated heterocycles. The van der Waals surface area contributed by atoms with Crippen LogP contribution < -0.4 is 11.1 Å². The predicted molar refractivity (Wildman–Crippen MR) is 155 cm³/mol. The van der Waals surface area contributed by atoms with E-state index in [0.717, 1.165) is 19.2 Å². The van der Waals surface area contributed by atoms with E-state index >= 15 is 0 Å². The maximum atomic E-state index is 13.9. The Morgan fingerprint density at radius 1 is 1.17 bits per heavy atom. The normalized spacial score (nSPS) is 14.5. The highest BCUT2D eigenvalue weighted by Gasteiger charge is 2.34. The highest BCUT2D eigenvalue weighted by molar-refractivity contribution is 6.04. The van der Waals surface area contributed by atoms with Crippen LogP contribution in [0.2, 0.25) is 0 Å². The second kappa shape index (κ2) is 12.8. The second-order valence-corrected chi connectivity index (χ2v) is 9.59. The molecule has 1 aliphatic heterocycles. The highest BCUT2D eigenvalue weighted by atomic mass is 19.4. The zero-order valence-corrected chi connectivity index (χ0v) is 22.8. The Bertz CT molecular complexity index is 1530. The SMILES string of the molecule is C=Nc1c(N)ncc(C#Cc2cncc(C(=O)Nc3ccc(CN4CCN(C)CC4)c(C(F)(F)F)c3)c2)c1/C=C\C. The molecule has 4 rings (SSSR count). The van der Waals surface area contributed by atoms with E-state index in [4.69, 9.17) is 5.73 Å². The topological polar surface area (TPSA) is 99.7 Å². The number of hydrogen-bond donors (Lipinski definition) is 2. The van der Waals surface area contributed by atoms with Gasteiger partial charge in [-0.05, 0) is 44.5 Å². The van der Waals surface area contributed by atoms with Gasteiger partial charge in [0.15, 0.2) is 0 Å². The Morgan fingerprint density at radius 3 is 2.61 bits per heavy atom. The first-order valence-electron chi connectivity index (χ1n) is 12.9. The third-order valence-corrected chi connectivity index (χ3v) is 6.62. The third kappa shape index (κ3) is 7.36. The van der Waals surface area contributed by atoms with Crippen LogP contribution in [0.25, 0.3) is 6.08 Å². The summed E-state index contributed by atoms with van der Waals surface area (Å²) in [5, 5.41) is 2.56. The van der Waals surface area contributed by atoms with E-state index in [9.17, 15) is 18.0 Å². The van der Waals surface area contributed by atoms with Crippen LogP contribution in [0.1, 0.15) is 45.1 Å². The summed E-state index contributed by atoms with van der Waals surface area (Å²) in [4.78, 5) is 29.2. The average Bonchev–Trinajstić information content (AvgIpc) is 2.94. The molecule has 1 aliphatic rings. The maximum Gasteiger partial charge on any atom is 0.416 e. The molecule has 11 heteroatoms. The summed E-state index contributed by atoms with van der Waals surface area (Å²) in [6.07, 6.45) is 3.35. The number of nitrogens with one attached hydrogen (secondary N) is 1. The number of nitrogens with two attached hydrogens (primary N) is 1. The summed E-state index contributed by atoms with van der Waals surface area (Å²) in [7, 11) is 1.99. The number of nitrogen functional groups attached to an aromatic ring is 1. The van der Waals surface area contributed by atoms with Gasteiger partial charge in [-0.1, -0.05) is 30.1 Å². The largest absolute Gasteiger partial charge is 0.416 e. The van der Waals surface area contributed by atoms with Gasteiger partial charge in [0.25, 0.3) is 5.91 Å². The Hall–Kier alpha value is -4.53. The highest BCUT2D eigenvalue weighted by Crippen LogP contribution is 2.35. The second-order valence-electron chi connectivity index (χ2n) is 9.59. The molecule has 0 bridgehead atoms. The van der Waals surface area contributed by atoms with Gasteiger partial charge in [-0.2, -0.15) is 13.2 Å². The third-order valence-electron chi connectivity index (χ3n) is 6.62. The number of pyridine rings is 2. The van der Waals surface area contributed by atoms with E-state index in [2.05, 4.69) is 43.7 Å². The molecule has 0 saturated carbocycles. The van der Waals surface area contributed by atoms with Crippen LogP contribution in [0, 0.1) is 11.8 Å². The van der Waals surface area contributed by atoms with Crippen molar-refractivity contribution in [3.8, 4) is 11.8 Å². The number of anilines is 2. The summed E-state index contributed by atoms with van der Waals surface area (Å²) in [5.74, 6) is 5.54. The number of benzene rings is 1. The van der Waals surface area contributed by atoms with Gasteiger partial charge in [0.1, 0.15) is 11.5 Å². The van der Waals surface area contributed by atoms with Gasteiger partial charge in [-0.3, -0.25) is 19.7 Å². The van der Waals surface area contributed by atoms with Gasteiger partial charge in [0.05, 0.1) is 16.7 Å². The van der Waals surface area contributed by atoms with Crippen molar-refractivity contribution in [2.24, 2.45) is 4.99 Å². The number of hydrogen-bond acceptors (Lipinski definition) is 7. The van der Waals surface area contributed by atoms with Crippen molar-refractivity contribution in [1.29, 1.82) is 0 Å². The maximum absolute atomic E-state index is 13.9. The van der Waals surface area contributed by atoms with Crippen molar-refractivity contribution in [3.63, 3.8) is 0 Å². The van der Waals surface area contributed by atoms with E-state index in [1.165, 1.54) is 36.8 Å². The predicted octanol–water partition coefficient (Wildman–Crippen LogP) is 4.84. The number of carbonyl (C=O) groups is 1. The molecule has 0 radical (unpaired) electrons. The van der Waals surface area contributed by atoms with E-state index in [1.807, 2.05) is 24.9 Å². The molecule has 41 heavy (non-hydrogen) atoms. The number of aliphatic imine (C=N–C) groups is 1. The molecule has 3 N–H and O–H groups in total. The molecule has 0 spiro atoms. The quantitative estimate of drug-likeness (QED) is 0.330. The lowest BCUT2D eigenvalue weighted by atomic mass is 10.0. The molecule has 8 nitrogen and oxygen atoms in total. The number of nitrogens with zero attached hydrogens (tertiary/aromatic N) is 5. The molecule has 0 unspecified atom stereocenters. The van der Waals surface area contributed by atoms with Crippen LogP contribution >= 0.6 is 0 Å². The van der Waals surface area contributed by atoms with Crippen LogP contribution in [-0.2, 0) is 12.7 Å². The lowest BCUT2D eigenvalue weighted by Crippen LogP contribution is -2.44. The van der Waals surface area contributed by atoms with Gasteiger partial charge in [0.2, 0.25) is 0 Å². The summed E-state index contributed by atoms with van der Waals surface area (Å²) in [5.41, 5.74) is 7.51. The first-order chi connectivity index (χ1) is 19.6. The van der Waals surface area contributed by atoms with E-state index in [1.54, 1.807) is 6.08 Å². The molecular formula is C30H30F3N7O. The van der Waals surface area contributed by atoms with Crippen LogP contribution in [0.15, 0.2) is 53.9 Å². The van der Waals surface area contributed by atoms with Crippen LogP contribution in [0.5, 0.6) is 0 Å². The number of piperazine rings is 1. The number of carbonyl (C=O) groups excluding carboxylic acids is 1. The van der Waals surface area contributed by atoms with Crippen molar-refractivity contribution in [2.45, 2.75) is 19.6 Å². The van der Waals surface area contributed by atoms with Gasteiger partial charge >= 0.3 is 6.18 Å². The van der Waals surface area contributed by atoms with Gasteiger partial charge in [0, 0.05) is 68.1 Å². The zero-order valence-electron chi connectivity index (χ0n) is 22.8. The van der Waals surface area contributed by atoms with Crippen LogP contribution in [0.4, 0.5) is 30.4 Å². The number of amides is 1. The van der Waals surface area contributed by atoms with Crippen molar-refractivity contribution in [2.75, 3.05) is 44.3 Å². The standard InChI is InChI=1S/C30H30F3N7O/c1-4-5-25-21(18-37-28(34)27(25)35-2)7-6-20-14-23(17-36-16-20)29(41)38-24-9-8-22(26(15-24)30(31,32)33)19-40-12-10-39(3)11-13-40/h4-5,8-9,14-18H,2,10-13,19H2,1,3H3,(H2,34,37)(H,38,41)/b5-4-. The fourth-order valence-electron chi connectivity index (χ4n) is 4.41. The first kappa shape index (κ1) is 29.5. The molecule has 2 aromatic heterocycles. The monoisotopic (exact) mass is 561 g/mol. The zero-order chi connectivity index (χ0) is 29.6. The van der Waals surface area contributed by atoms with Gasteiger partial charge < -0.3 is 16.0 Å². The number of aromatic nitrogens is 2.